The molecule has 1 unspecified atom stereocenters. The lowest BCUT2D eigenvalue weighted by Crippen LogP contribution is -2.53. The first kappa shape index (κ1) is 13.1. The molecular weight excluding hydrogens is 254 g/mol. The summed E-state index contributed by atoms with van der Waals surface area (Å²) in [5, 5.41) is 2.85. The molecule has 106 valence electrons. The average Bonchev–Trinajstić information content (AvgIpc) is 2.81. The summed E-state index contributed by atoms with van der Waals surface area (Å²) >= 11 is 0. The van der Waals surface area contributed by atoms with Gasteiger partial charge in [0.25, 0.3) is 0 Å². The maximum Gasteiger partial charge on any atom is 0.317 e. The Hall–Kier alpha value is -1.88. The number of rotatable bonds is 4. The first-order chi connectivity index (χ1) is 9.72. The van der Waals surface area contributed by atoms with E-state index in [1.807, 2.05) is 35.2 Å². The van der Waals surface area contributed by atoms with Gasteiger partial charge in [-0.25, -0.2) is 4.79 Å². The van der Waals surface area contributed by atoms with Gasteiger partial charge in [0.15, 0.2) is 5.78 Å². The van der Waals surface area contributed by atoms with Crippen molar-refractivity contribution in [3.05, 3.63) is 35.9 Å². The number of carbonyl (C=O) groups is 2. The van der Waals surface area contributed by atoms with Gasteiger partial charge < -0.3 is 10.2 Å². The first-order valence-corrected chi connectivity index (χ1v) is 7.05. The van der Waals surface area contributed by atoms with Gasteiger partial charge in [-0.05, 0) is 5.56 Å². The van der Waals surface area contributed by atoms with Gasteiger partial charge in [-0.1, -0.05) is 30.3 Å². The number of fused-ring (bicyclic) bond motifs is 1. The zero-order valence-electron chi connectivity index (χ0n) is 11.4. The third-order valence-electron chi connectivity index (χ3n) is 3.96. The summed E-state index contributed by atoms with van der Waals surface area (Å²) in [6.07, 6.45) is 0.489. The Labute approximate surface area is 118 Å². The van der Waals surface area contributed by atoms with Gasteiger partial charge in [0.05, 0.1) is 12.6 Å². The van der Waals surface area contributed by atoms with E-state index in [9.17, 15) is 9.59 Å². The molecule has 1 atom stereocenters. The lowest BCUT2D eigenvalue weighted by molar-refractivity contribution is -0.120. The van der Waals surface area contributed by atoms with Gasteiger partial charge in [0.2, 0.25) is 0 Å². The van der Waals surface area contributed by atoms with Crippen molar-refractivity contribution in [1.29, 1.82) is 0 Å². The van der Waals surface area contributed by atoms with E-state index in [0.717, 1.165) is 25.2 Å². The monoisotopic (exact) mass is 273 g/mol. The van der Waals surface area contributed by atoms with Gasteiger partial charge in [-0.3, -0.25) is 9.69 Å². The SMILES string of the molecule is O=C(Cc1ccccc1)CN1CCN2C(=O)NCC2C1. The van der Waals surface area contributed by atoms with Gasteiger partial charge in [-0.15, -0.1) is 0 Å². The smallest absolute Gasteiger partial charge is 0.317 e. The van der Waals surface area contributed by atoms with Crippen LogP contribution in [0.25, 0.3) is 0 Å². The molecule has 0 bridgehead atoms. The molecule has 0 aromatic heterocycles. The van der Waals surface area contributed by atoms with Crippen molar-refractivity contribution < 1.29 is 9.59 Å². The Morgan fingerprint density at radius 2 is 2.05 bits per heavy atom. The van der Waals surface area contributed by atoms with Crippen LogP contribution in [0, 0.1) is 0 Å². The fourth-order valence-corrected chi connectivity index (χ4v) is 2.94. The number of Topliss-reactive ketones (excluding diaryl/α,β-unsaturated/α-hetero) is 1. The van der Waals surface area contributed by atoms with E-state index in [4.69, 9.17) is 0 Å². The van der Waals surface area contributed by atoms with E-state index < -0.39 is 0 Å². The van der Waals surface area contributed by atoms with Crippen LogP contribution < -0.4 is 5.32 Å². The third-order valence-corrected chi connectivity index (χ3v) is 3.96. The number of hydrogen-bond donors (Lipinski definition) is 1. The molecule has 0 spiro atoms. The highest BCUT2D eigenvalue weighted by Crippen LogP contribution is 2.14. The summed E-state index contributed by atoms with van der Waals surface area (Å²) < 4.78 is 0. The van der Waals surface area contributed by atoms with E-state index in [-0.39, 0.29) is 17.9 Å². The highest BCUT2D eigenvalue weighted by molar-refractivity contribution is 5.83. The average molecular weight is 273 g/mol. The zero-order chi connectivity index (χ0) is 13.9. The number of nitrogens with one attached hydrogen (secondary N) is 1. The molecule has 2 aliphatic rings. The van der Waals surface area contributed by atoms with Crippen LogP contribution >= 0.6 is 0 Å². The molecule has 20 heavy (non-hydrogen) atoms. The second-order valence-electron chi connectivity index (χ2n) is 5.47. The maximum absolute atomic E-state index is 12.1. The van der Waals surface area contributed by atoms with Gasteiger partial charge in [0.1, 0.15) is 0 Å². The quantitative estimate of drug-likeness (QED) is 0.869. The Morgan fingerprint density at radius 3 is 2.85 bits per heavy atom. The van der Waals surface area contributed by atoms with Crippen LogP contribution in [0.2, 0.25) is 0 Å². The number of amides is 2. The molecule has 0 radical (unpaired) electrons. The van der Waals surface area contributed by atoms with Crippen LogP contribution in [0.3, 0.4) is 0 Å². The number of piperazine rings is 1. The maximum atomic E-state index is 12.1. The zero-order valence-corrected chi connectivity index (χ0v) is 11.4. The lowest BCUT2D eigenvalue weighted by atomic mass is 10.1. The Balaban J connectivity index is 1.51. The van der Waals surface area contributed by atoms with Crippen molar-refractivity contribution >= 4 is 11.8 Å². The summed E-state index contributed by atoms with van der Waals surface area (Å²) in [6, 6.07) is 10.1. The first-order valence-electron chi connectivity index (χ1n) is 7.05. The third kappa shape index (κ3) is 2.82. The predicted octanol–water partition coefficient (Wildman–Crippen LogP) is 0.508. The van der Waals surface area contributed by atoms with Crippen molar-refractivity contribution in [2.45, 2.75) is 12.5 Å². The topological polar surface area (TPSA) is 52.7 Å². The number of benzene rings is 1. The molecule has 0 aliphatic carbocycles. The molecule has 2 heterocycles. The predicted molar refractivity (Wildman–Crippen MR) is 75.5 cm³/mol. The molecule has 1 aromatic rings. The van der Waals surface area contributed by atoms with Gasteiger partial charge in [-0.2, -0.15) is 0 Å². The second kappa shape index (κ2) is 5.63. The molecular formula is C15H19N3O2. The van der Waals surface area contributed by atoms with E-state index in [1.54, 1.807) is 0 Å². The van der Waals surface area contributed by atoms with Crippen molar-refractivity contribution in [2.24, 2.45) is 0 Å². The molecule has 1 N–H and O–H groups in total. The summed E-state index contributed by atoms with van der Waals surface area (Å²) in [4.78, 5) is 27.6. The summed E-state index contributed by atoms with van der Waals surface area (Å²) in [5.41, 5.74) is 1.06. The fraction of sp³-hybridized carbons (Fsp3) is 0.467. The number of nitrogens with zero attached hydrogens (tertiary/aromatic N) is 2. The highest BCUT2D eigenvalue weighted by Gasteiger charge is 2.35. The van der Waals surface area contributed by atoms with Crippen molar-refractivity contribution in [3.8, 4) is 0 Å². The minimum Gasteiger partial charge on any atom is -0.336 e. The molecule has 0 saturated carbocycles. The van der Waals surface area contributed by atoms with Crippen LogP contribution in [0.5, 0.6) is 0 Å². The van der Waals surface area contributed by atoms with Crippen molar-refractivity contribution in [1.82, 2.24) is 15.1 Å². The lowest BCUT2D eigenvalue weighted by Gasteiger charge is -2.35. The molecule has 3 rings (SSSR count). The Bertz CT molecular complexity index is 503. The molecule has 2 amide bonds. The summed E-state index contributed by atoms with van der Waals surface area (Å²) in [6.45, 7) is 3.47. The number of ketones is 1. The van der Waals surface area contributed by atoms with Gasteiger partial charge >= 0.3 is 6.03 Å². The molecule has 2 fully saturated rings. The number of hydrogen-bond acceptors (Lipinski definition) is 3. The Kier molecular flexibility index (Phi) is 3.69. The van der Waals surface area contributed by atoms with E-state index in [2.05, 4.69) is 10.2 Å². The van der Waals surface area contributed by atoms with Crippen LogP contribution in [-0.4, -0.2) is 60.4 Å². The molecule has 5 heteroatoms. The normalized spacial score (nSPS) is 22.5. The molecule has 2 aliphatic heterocycles. The van der Waals surface area contributed by atoms with E-state index in [0.29, 0.717) is 19.5 Å². The minimum atomic E-state index is 0.0327. The Morgan fingerprint density at radius 1 is 1.25 bits per heavy atom. The van der Waals surface area contributed by atoms with Crippen LogP contribution in [0.4, 0.5) is 4.79 Å². The fourth-order valence-electron chi connectivity index (χ4n) is 2.94. The van der Waals surface area contributed by atoms with Crippen molar-refractivity contribution in [3.63, 3.8) is 0 Å². The minimum absolute atomic E-state index is 0.0327. The highest BCUT2D eigenvalue weighted by atomic mass is 16.2. The van der Waals surface area contributed by atoms with E-state index in [1.165, 1.54) is 0 Å². The largest absolute Gasteiger partial charge is 0.336 e. The summed E-state index contributed by atoms with van der Waals surface area (Å²) in [7, 11) is 0. The van der Waals surface area contributed by atoms with Crippen molar-refractivity contribution in [2.75, 3.05) is 32.7 Å². The number of urea groups is 1. The standard InChI is InChI=1S/C15H19N3O2/c19-14(8-12-4-2-1-3-5-12)11-17-6-7-18-13(10-17)9-16-15(18)20/h1-5,13H,6-11H2,(H,16,20). The summed E-state index contributed by atoms with van der Waals surface area (Å²) in [5.74, 6) is 0.238. The van der Waals surface area contributed by atoms with Crippen LogP contribution in [0.15, 0.2) is 30.3 Å². The van der Waals surface area contributed by atoms with Crippen LogP contribution in [0.1, 0.15) is 5.56 Å². The van der Waals surface area contributed by atoms with Crippen LogP contribution in [-0.2, 0) is 11.2 Å². The molecule has 2 saturated heterocycles. The van der Waals surface area contributed by atoms with Gasteiger partial charge in [0, 0.05) is 32.6 Å². The van der Waals surface area contributed by atoms with E-state index >= 15 is 0 Å². The number of carbonyl (C=O) groups excluding carboxylic acids is 2. The molecule has 1 aromatic carbocycles. The molecule has 5 nitrogen and oxygen atoms in total. The second-order valence-corrected chi connectivity index (χ2v) is 5.47.